The molecule has 23 heavy (non-hydrogen) atoms. The van der Waals surface area contributed by atoms with Crippen molar-refractivity contribution < 1.29 is 15.0 Å². The van der Waals surface area contributed by atoms with E-state index in [0.29, 0.717) is 12.8 Å². The number of nitrogens with zero attached hydrogens (tertiary/aromatic N) is 1. The van der Waals surface area contributed by atoms with E-state index >= 15 is 0 Å². The molecule has 0 saturated heterocycles. The highest BCUT2D eigenvalue weighted by Gasteiger charge is 2.37. The molecule has 0 aliphatic heterocycles. The smallest absolute Gasteiger partial charge is 0.312 e. The zero-order chi connectivity index (χ0) is 17.6. The average molecular weight is 330 g/mol. The Labute approximate surface area is 143 Å². The van der Waals surface area contributed by atoms with E-state index in [-0.39, 0.29) is 6.61 Å². The van der Waals surface area contributed by atoms with Crippen LogP contribution in [0.15, 0.2) is 0 Å². The van der Waals surface area contributed by atoms with E-state index in [1.54, 1.807) is 0 Å². The van der Waals surface area contributed by atoms with Crippen LogP contribution in [0, 0.1) is 5.41 Å². The molecule has 2 N–H and O–H groups in total. The molecule has 4 heteroatoms. The van der Waals surface area contributed by atoms with Crippen LogP contribution >= 0.6 is 0 Å². The lowest BCUT2D eigenvalue weighted by Gasteiger charge is -2.31. The van der Waals surface area contributed by atoms with Gasteiger partial charge in [-0.1, -0.05) is 59.3 Å². The summed E-state index contributed by atoms with van der Waals surface area (Å²) < 4.78 is 0. The summed E-state index contributed by atoms with van der Waals surface area (Å²) in [5, 5.41) is 19.3. The topological polar surface area (TPSA) is 60.8 Å². The van der Waals surface area contributed by atoms with Crippen molar-refractivity contribution in [2.75, 3.05) is 26.2 Å². The molecular weight excluding hydrogens is 290 g/mol. The van der Waals surface area contributed by atoms with Gasteiger partial charge in [0.05, 0.1) is 12.0 Å². The minimum Gasteiger partial charge on any atom is -0.481 e. The van der Waals surface area contributed by atoms with Gasteiger partial charge >= 0.3 is 5.97 Å². The Morgan fingerprint density at radius 1 is 0.826 bits per heavy atom. The second-order valence-electron chi connectivity index (χ2n) is 6.85. The van der Waals surface area contributed by atoms with Crippen molar-refractivity contribution in [1.29, 1.82) is 0 Å². The van der Waals surface area contributed by atoms with Crippen LogP contribution in [-0.2, 0) is 4.79 Å². The molecule has 0 aromatic carbocycles. The molecule has 0 heterocycles. The van der Waals surface area contributed by atoms with Crippen LogP contribution < -0.4 is 0 Å². The molecule has 0 aromatic heterocycles. The fraction of sp³-hybridized carbons (Fsp3) is 0.947. The molecule has 1 unspecified atom stereocenters. The quantitative estimate of drug-likeness (QED) is 0.414. The number of unbranched alkanes of at least 4 members (excludes halogenated alkanes) is 5. The van der Waals surface area contributed by atoms with Gasteiger partial charge in [-0.05, 0) is 45.3 Å². The lowest BCUT2D eigenvalue weighted by Crippen LogP contribution is -2.39. The van der Waals surface area contributed by atoms with Gasteiger partial charge in [-0.2, -0.15) is 0 Å². The number of hydrogen-bond donors (Lipinski definition) is 2. The van der Waals surface area contributed by atoms with Crippen molar-refractivity contribution in [2.45, 2.75) is 85.0 Å². The first-order valence-electron chi connectivity index (χ1n) is 9.62. The number of rotatable bonds is 16. The Hall–Kier alpha value is -0.610. The fourth-order valence-electron chi connectivity index (χ4n) is 2.96. The molecule has 1 atom stereocenters. The summed E-state index contributed by atoms with van der Waals surface area (Å²) in [5.41, 5.74) is -0.955. The Bertz CT molecular complexity index is 286. The number of carboxylic acid groups (broad SMARTS) is 1. The summed E-state index contributed by atoms with van der Waals surface area (Å²) in [7, 11) is 0. The van der Waals surface area contributed by atoms with Crippen molar-refractivity contribution in [2.24, 2.45) is 5.41 Å². The van der Waals surface area contributed by atoms with Gasteiger partial charge in [0.25, 0.3) is 0 Å². The first-order valence-corrected chi connectivity index (χ1v) is 9.62. The molecule has 0 fully saturated rings. The van der Waals surface area contributed by atoms with E-state index in [9.17, 15) is 15.0 Å². The van der Waals surface area contributed by atoms with Crippen molar-refractivity contribution in [3.8, 4) is 0 Å². The van der Waals surface area contributed by atoms with Crippen LogP contribution in [0.2, 0.25) is 0 Å². The third-order valence-electron chi connectivity index (χ3n) is 4.83. The first kappa shape index (κ1) is 22.4. The molecule has 0 saturated carbocycles. The number of aliphatic hydroxyl groups is 1. The van der Waals surface area contributed by atoms with Crippen LogP contribution in [-0.4, -0.2) is 47.3 Å². The monoisotopic (exact) mass is 329 g/mol. The van der Waals surface area contributed by atoms with Crippen molar-refractivity contribution >= 4 is 5.97 Å². The van der Waals surface area contributed by atoms with E-state index in [1.165, 1.54) is 38.5 Å². The zero-order valence-electron chi connectivity index (χ0n) is 15.6. The maximum atomic E-state index is 11.7. The van der Waals surface area contributed by atoms with Crippen molar-refractivity contribution in [1.82, 2.24) is 4.90 Å². The van der Waals surface area contributed by atoms with Gasteiger partial charge < -0.3 is 15.1 Å². The van der Waals surface area contributed by atoms with Gasteiger partial charge in [-0.15, -0.1) is 0 Å². The third kappa shape index (κ3) is 9.31. The predicted molar refractivity (Wildman–Crippen MR) is 96.8 cm³/mol. The maximum absolute atomic E-state index is 11.7. The van der Waals surface area contributed by atoms with Gasteiger partial charge in [-0.3, -0.25) is 4.79 Å². The summed E-state index contributed by atoms with van der Waals surface area (Å²) >= 11 is 0. The molecule has 0 radical (unpaired) electrons. The molecule has 0 aliphatic carbocycles. The summed E-state index contributed by atoms with van der Waals surface area (Å²) in [6.45, 7) is 9.09. The van der Waals surface area contributed by atoms with Crippen molar-refractivity contribution in [3.05, 3.63) is 0 Å². The molecule has 0 bridgehead atoms. The number of carbonyl (C=O) groups is 1. The standard InChI is InChI=1S/C19H39NO3/c1-4-7-10-14-20(15-11-8-5-2)16-13-19(17-21,18(22)23)12-9-6-3/h21H,4-17H2,1-3H3,(H,22,23). The van der Waals surface area contributed by atoms with Crippen molar-refractivity contribution in [3.63, 3.8) is 0 Å². The Kier molecular flexibility index (Phi) is 13.4. The molecule has 0 aromatic rings. The normalized spacial score (nSPS) is 14.1. The fourth-order valence-corrected chi connectivity index (χ4v) is 2.96. The molecule has 0 aliphatic rings. The van der Waals surface area contributed by atoms with Crippen LogP contribution in [0.4, 0.5) is 0 Å². The van der Waals surface area contributed by atoms with E-state index in [4.69, 9.17) is 0 Å². The van der Waals surface area contributed by atoms with E-state index in [2.05, 4.69) is 25.7 Å². The minimum atomic E-state index is -0.955. The van der Waals surface area contributed by atoms with Gasteiger partial charge in [-0.25, -0.2) is 0 Å². The van der Waals surface area contributed by atoms with Gasteiger partial charge in [0, 0.05) is 0 Å². The molecule has 0 amide bonds. The van der Waals surface area contributed by atoms with Gasteiger partial charge in [0.15, 0.2) is 0 Å². The molecule has 0 rings (SSSR count). The number of hydrogen-bond acceptors (Lipinski definition) is 3. The molecule has 4 nitrogen and oxygen atoms in total. The summed E-state index contributed by atoms with van der Waals surface area (Å²) in [6, 6.07) is 0. The van der Waals surface area contributed by atoms with Crippen LogP contribution in [0.3, 0.4) is 0 Å². The lowest BCUT2D eigenvalue weighted by atomic mass is 9.80. The Morgan fingerprint density at radius 3 is 1.74 bits per heavy atom. The second kappa shape index (κ2) is 13.8. The Morgan fingerprint density at radius 2 is 1.35 bits per heavy atom. The van der Waals surface area contributed by atoms with Crippen LogP contribution in [0.5, 0.6) is 0 Å². The summed E-state index contributed by atoms with van der Waals surface area (Å²) in [5.74, 6) is -0.837. The highest BCUT2D eigenvalue weighted by atomic mass is 16.4. The van der Waals surface area contributed by atoms with E-state index < -0.39 is 11.4 Å². The van der Waals surface area contributed by atoms with E-state index in [1.807, 2.05) is 0 Å². The average Bonchev–Trinajstić information content (AvgIpc) is 2.54. The molecule has 0 spiro atoms. The Balaban J connectivity index is 4.61. The predicted octanol–water partition coefficient (Wildman–Crippen LogP) is 4.31. The zero-order valence-corrected chi connectivity index (χ0v) is 15.6. The SMILES string of the molecule is CCCCCN(CCCCC)CCC(CO)(CCCC)C(=O)O. The number of aliphatic carboxylic acids is 1. The van der Waals surface area contributed by atoms with E-state index in [0.717, 1.165) is 32.5 Å². The van der Waals surface area contributed by atoms with Gasteiger partial charge in [0.2, 0.25) is 0 Å². The highest BCUT2D eigenvalue weighted by molar-refractivity contribution is 5.74. The van der Waals surface area contributed by atoms with Crippen LogP contribution in [0.1, 0.15) is 85.0 Å². The molecule has 138 valence electrons. The third-order valence-corrected chi connectivity index (χ3v) is 4.83. The number of aliphatic hydroxyl groups excluding tert-OH is 1. The number of carboxylic acids is 1. The maximum Gasteiger partial charge on any atom is 0.312 e. The minimum absolute atomic E-state index is 0.250. The first-order chi connectivity index (χ1) is 11.1. The highest BCUT2D eigenvalue weighted by Crippen LogP contribution is 2.29. The largest absolute Gasteiger partial charge is 0.481 e. The second-order valence-corrected chi connectivity index (χ2v) is 6.85. The molecular formula is C19H39NO3. The lowest BCUT2D eigenvalue weighted by molar-refractivity contribution is -0.153. The summed E-state index contributed by atoms with van der Waals surface area (Å²) in [6.07, 6.45) is 10.2. The van der Waals surface area contributed by atoms with Gasteiger partial charge in [0.1, 0.15) is 0 Å². The van der Waals surface area contributed by atoms with Crippen LogP contribution in [0.25, 0.3) is 0 Å². The summed E-state index contributed by atoms with van der Waals surface area (Å²) in [4.78, 5) is 14.1.